The number of hydrogen-bond acceptors (Lipinski definition) is 2. The zero-order valence-corrected chi connectivity index (χ0v) is 13.8. The molecule has 2 aromatic carbocycles. The average molecular weight is 310 g/mol. The minimum Gasteiger partial charge on any atom is -0.254 e. The highest BCUT2D eigenvalue weighted by Crippen LogP contribution is 2.28. The topological polar surface area (TPSA) is 25.8 Å². The summed E-state index contributed by atoms with van der Waals surface area (Å²) in [6.07, 6.45) is 1.88. The molecular weight excluding hydrogens is 292 g/mol. The van der Waals surface area contributed by atoms with E-state index in [2.05, 4.69) is 72.6 Å². The van der Waals surface area contributed by atoms with E-state index in [9.17, 15) is 0 Å². The molecule has 0 aliphatic heterocycles. The normalized spacial score (nSPS) is 10.9. The van der Waals surface area contributed by atoms with E-state index < -0.39 is 0 Å². The highest BCUT2D eigenvalue weighted by atomic mass is 14.8. The molecule has 0 saturated carbocycles. The van der Waals surface area contributed by atoms with E-state index >= 15 is 0 Å². The molecule has 0 radical (unpaired) electrons. The summed E-state index contributed by atoms with van der Waals surface area (Å²) in [6, 6.07) is 23.3. The maximum absolute atomic E-state index is 4.77. The molecule has 4 rings (SSSR count). The molecule has 0 spiro atoms. The summed E-state index contributed by atoms with van der Waals surface area (Å²) in [5, 5.41) is 2.51. The van der Waals surface area contributed by atoms with E-state index in [4.69, 9.17) is 4.98 Å². The Kier molecular flexibility index (Phi) is 3.58. The highest BCUT2D eigenvalue weighted by molar-refractivity contribution is 5.87. The van der Waals surface area contributed by atoms with Crippen molar-refractivity contribution in [3.05, 3.63) is 84.2 Å². The second-order valence-corrected chi connectivity index (χ2v) is 6.11. The van der Waals surface area contributed by atoms with E-state index in [0.717, 1.165) is 28.2 Å². The lowest BCUT2D eigenvalue weighted by Gasteiger charge is -2.09. The molecule has 2 aromatic heterocycles. The van der Waals surface area contributed by atoms with Crippen LogP contribution in [-0.4, -0.2) is 9.97 Å². The minimum atomic E-state index is 0.911. The van der Waals surface area contributed by atoms with E-state index in [-0.39, 0.29) is 0 Å². The van der Waals surface area contributed by atoms with Gasteiger partial charge in [0, 0.05) is 17.5 Å². The Labute approximate surface area is 141 Å². The van der Waals surface area contributed by atoms with Crippen molar-refractivity contribution in [2.24, 2.45) is 0 Å². The molecule has 2 heteroatoms. The predicted molar refractivity (Wildman–Crippen MR) is 99.9 cm³/mol. The van der Waals surface area contributed by atoms with Crippen LogP contribution < -0.4 is 0 Å². The van der Waals surface area contributed by atoms with Crippen molar-refractivity contribution >= 4 is 10.8 Å². The fourth-order valence-corrected chi connectivity index (χ4v) is 2.98. The summed E-state index contributed by atoms with van der Waals surface area (Å²) < 4.78 is 0. The monoisotopic (exact) mass is 310 g/mol. The van der Waals surface area contributed by atoms with Gasteiger partial charge in [0.1, 0.15) is 0 Å². The second kappa shape index (κ2) is 5.89. The molecule has 0 bridgehead atoms. The van der Waals surface area contributed by atoms with Gasteiger partial charge in [-0.25, -0.2) is 0 Å². The Hall–Kier alpha value is -3.00. The third kappa shape index (κ3) is 2.67. The SMILES string of the molecule is Cc1ccc(-c2ccc(-c3ccc4ccccc4c3)c(C)n2)nc1. The first-order valence-corrected chi connectivity index (χ1v) is 8.10. The van der Waals surface area contributed by atoms with Crippen LogP contribution in [0.5, 0.6) is 0 Å². The smallest absolute Gasteiger partial charge is 0.0889 e. The van der Waals surface area contributed by atoms with Crippen molar-refractivity contribution in [1.29, 1.82) is 0 Å². The molecule has 4 aromatic rings. The standard InChI is InChI=1S/C22H18N2/c1-15-7-11-21(23-14-15)22-12-10-20(16(2)24-22)19-9-8-17-5-3-4-6-18(17)13-19/h3-14H,1-2H3. The number of pyridine rings is 2. The summed E-state index contributed by atoms with van der Waals surface area (Å²) in [7, 11) is 0. The summed E-state index contributed by atoms with van der Waals surface area (Å²) in [6.45, 7) is 4.10. The van der Waals surface area contributed by atoms with Crippen molar-refractivity contribution in [2.75, 3.05) is 0 Å². The first-order valence-electron chi connectivity index (χ1n) is 8.10. The lowest BCUT2D eigenvalue weighted by atomic mass is 10.00. The van der Waals surface area contributed by atoms with Gasteiger partial charge in [0.25, 0.3) is 0 Å². The van der Waals surface area contributed by atoms with Crippen molar-refractivity contribution < 1.29 is 0 Å². The van der Waals surface area contributed by atoms with Crippen LogP contribution in [0, 0.1) is 13.8 Å². The Morgan fingerprint density at radius 2 is 1.50 bits per heavy atom. The lowest BCUT2D eigenvalue weighted by Crippen LogP contribution is -1.93. The van der Waals surface area contributed by atoms with Crippen LogP contribution in [0.2, 0.25) is 0 Å². The molecule has 0 unspecified atom stereocenters. The summed E-state index contributed by atoms with van der Waals surface area (Å²) in [5.41, 5.74) is 6.36. The van der Waals surface area contributed by atoms with Crippen LogP contribution in [-0.2, 0) is 0 Å². The van der Waals surface area contributed by atoms with Crippen LogP contribution >= 0.6 is 0 Å². The Morgan fingerprint density at radius 1 is 0.708 bits per heavy atom. The Morgan fingerprint density at radius 3 is 2.25 bits per heavy atom. The summed E-state index contributed by atoms with van der Waals surface area (Å²) in [5.74, 6) is 0. The van der Waals surface area contributed by atoms with Gasteiger partial charge < -0.3 is 0 Å². The minimum absolute atomic E-state index is 0.911. The van der Waals surface area contributed by atoms with Gasteiger partial charge in [-0.15, -0.1) is 0 Å². The van der Waals surface area contributed by atoms with Crippen LogP contribution in [0.3, 0.4) is 0 Å². The third-order valence-corrected chi connectivity index (χ3v) is 4.32. The molecule has 0 amide bonds. The molecule has 0 aliphatic rings. The quantitative estimate of drug-likeness (QED) is 0.483. The molecule has 0 saturated heterocycles. The fourth-order valence-electron chi connectivity index (χ4n) is 2.98. The number of aromatic nitrogens is 2. The van der Waals surface area contributed by atoms with Gasteiger partial charge in [-0.2, -0.15) is 0 Å². The predicted octanol–water partition coefficient (Wildman–Crippen LogP) is 5.58. The van der Waals surface area contributed by atoms with E-state index in [1.807, 2.05) is 19.2 Å². The molecule has 24 heavy (non-hydrogen) atoms. The lowest BCUT2D eigenvalue weighted by molar-refractivity contribution is 1.17. The number of aryl methyl sites for hydroxylation is 2. The molecule has 0 fully saturated rings. The summed E-state index contributed by atoms with van der Waals surface area (Å²) >= 11 is 0. The number of benzene rings is 2. The fraction of sp³-hybridized carbons (Fsp3) is 0.0909. The molecule has 0 N–H and O–H groups in total. The van der Waals surface area contributed by atoms with Crippen molar-refractivity contribution in [2.45, 2.75) is 13.8 Å². The van der Waals surface area contributed by atoms with E-state index in [0.29, 0.717) is 0 Å². The third-order valence-electron chi connectivity index (χ3n) is 4.32. The van der Waals surface area contributed by atoms with Crippen molar-refractivity contribution in [3.63, 3.8) is 0 Å². The Bertz CT molecular complexity index is 1020. The first-order chi connectivity index (χ1) is 11.7. The molecule has 2 nitrogen and oxygen atoms in total. The van der Waals surface area contributed by atoms with Gasteiger partial charge in [0.2, 0.25) is 0 Å². The van der Waals surface area contributed by atoms with Crippen LogP contribution in [0.15, 0.2) is 72.9 Å². The largest absolute Gasteiger partial charge is 0.254 e. The van der Waals surface area contributed by atoms with Gasteiger partial charge >= 0.3 is 0 Å². The zero-order valence-electron chi connectivity index (χ0n) is 13.8. The van der Waals surface area contributed by atoms with E-state index in [1.54, 1.807) is 0 Å². The van der Waals surface area contributed by atoms with Gasteiger partial charge in [-0.3, -0.25) is 9.97 Å². The maximum Gasteiger partial charge on any atom is 0.0889 e. The number of rotatable bonds is 2. The van der Waals surface area contributed by atoms with Gasteiger partial charge in [-0.05, 0) is 53.9 Å². The molecule has 0 atom stereocenters. The molecular formula is C22H18N2. The summed E-state index contributed by atoms with van der Waals surface area (Å²) in [4.78, 5) is 9.24. The van der Waals surface area contributed by atoms with Gasteiger partial charge in [0.05, 0.1) is 11.4 Å². The van der Waals surface area contributed by atoms with Crippen molar-refractivity contribution in [3.8, 4) is 22.5 Å². The highest BCUT2D eigenvalue weighted by Gasteiger charge is 2.07. The number of fused-ring (bicyclic) bond motifs is 1. The number of hydrogen-bond donors (Lipinski definition) is 0. The van der Waals surface area contributed by atoms with Crippen molar-refractivity contribution in [1.82, 2.24) is 9.97 Å². The van der Waals surface area contributed by atoms with Crippen LogP contribution in [0.4, 0.5) is 0 Å². The average Bonchev–Trinajstić information content (AvgIpc) is 2.62. The van der Waals surface area contributed by atoms with Crippen LogP contribution in [0.1, 0.15) is 11.3 Å². The van der Waals surface area contributed by atoms with Gasteiger partial charge in [-0.1, -0.05) is 48.5 Å². The van der Waals surface area contributed by atoms with E-state index in [1.165, 1.54) is 16.3 Å². The van der Waals surface area contributed by atoms with Crippen LogP contribution in [0.25, 0.3) is 33.3 Å². The molecule has 116 valence electrons. The van der Waals surface area contributed by atoms with Gasteiger partial charge in [0.15, 0.2) is 0 Å². The molecule has 2 heterocycles. The zero-order chi connectivity index (χ0) is 16.5. The maximum atomic E-state index is 4.77. The second-order valence-electron chi connectivity index (χ2n) is 6.11. The first kappa shape index (κ1) is 14.6. The Balaban J connectivity index is 1.76. The molecule has 0 aliphatic carbocycles. The number of nitrogens with zero attached hydrogens (tertiary/aromatic N) is 2.